The van der Waals surface area contributed by atoms with Gasteiger partial charge in [-0.2, -0.15) is 0 Å². The van der Waals surface area contributed by atoms with Gasteiger partial charge in [-0.25, -0.2) is 0 Å². The average molecular weight is 251 g/mol. The first-order valence-corrected chi connectivity index (χ1v) is 6.27. The van der Waals surface area contributed by atoms with Gasteiger partial charge in [0.05, 0.1) is 16.3 Å². The molecule has 2 aromatic heterocycles. The lowest BCUT2D eigenvalue weighted by Gasteiger charge is -1.91. The Morgan fingerprint density at radius 2 is 2.31 bits per heavy atom. The third-order valence-electron chi connectivity index (χ3n) is 1.24. The number of aromatic nitrogens is 4. The molecule has 4 nitrogen and oxygen atoms in total. The van der Waals surface area contributed by atoms with Crippen molar-refractivity contribution in [1.29, 1.82) is 0 Å². The molecule has 0 spiro atoms. The fourth-order valence-corrected chi connectivity index (χ4v) is 3.21. The zero-order chi connectivity index (χ0) is 9.10. The molecule has 0 unspecified atom stereocenters. The summed E-state index contributed by atoms with van der Waals surface area (Å²) in [6.07, 6.45) is 1.68. The van der Waals surface area contributed by atoms with Crippen molar-refractivity contribution < 1.29 is 0 Å². The van der Waals surface area contributed by atoms with Crippen LogP contribution in [0.2, 0.25) is 0 Å². The van der Waals surface area contributed by atoms with Crippen molar-refractivity contribution in [2.45, 2.75) is 4.21 Å². The monoisotopic (exact) mass is 250 g/mol. The standard InChI is InChI=1S/C5H3ClN4S3/c6-2-11-5-4(8-10-13-5)3-1-7-9-12-3/h1H,2H2. The second-order valence-electron chi connectivity index (χ2n) is 1.94. The first kappa shape index (κ1) is 9.32. The first-order chi connectivity index (χ1) is 6.42. The van der Waals surface area contributed by atoms with Crippen LogP contribution in [0.5, 0.6) is 0 Å². The van der Waals surface area contributed by atoms with Crippen LogP contribution in [0.3, 0.4) is 0 Å². The predicted molar refractivity (Wildman–Crippen MR) is 55.4 cm³/mol. The minimum absolute atomic E-state index is 0.503. The molecule has 0 bridgehead atoms. The fourth-order valence-electron chi connectivity index (χ4n) is 0.748. The summed E-state index contributed by atoms with van der Waals surface area (Å²) >= 11 is 9.78. The molecule has 68 valence electrons. The molecule has 8 heteroatoms. The van der Waals surface area contributed by atoms with Gasteiger partial charge in [0.15, 0.2) is 0 Å². The smallest absolute Gasteiger partial charge is 0.132 e. The van der Waals surface area contributed by atoms with Crippen molar-refractivity contribution in [2.24, 2.45) is 0 Å². The second kappa shape index (κ2) is 4.32. The molecule has 2 rings (SSSR count). The summed E-state index contributed by atoms with van der Waals surface area (Å²) in [5, 5.41) is 8.24. The van der Waals surface area contributed by atoms with Crippen molar-refractivity contribution in [3.05, 3.63) is 6.20 Å². The Hall–Kier alpha value is -0.240. The molecule has 0 radical (unpaired) electrons. The summed E-state index contributed by atoms with van der Waals surface area (Å²) in [6, 6.07) is 0. The van der Waals surface area contributed by atoms with Crippen molar-refractivity contribution in [1.82, 2.24) is 19.2 Å². The van der Waals surface area contributed by atoms with Crippen LogP contribution in [-0.4, -0.2) is 24.4 Å². The average Bonchev–Trinajstić information content (AvgIpc) is 2.71. The molecule has 2 aromatic rings. The lowest BCUT2D eigenvalue weighted by atomic mass is 10.4. The second-order valence-corrected chi connectivity index (χ2v) is 5.31. The lowest BCUT2D eigenvalue weighted by molar-refractivity contribution is 1.14. The van der Waals surface area contributed by atoms with Crippen molar-refractivity contribution in [3.63, 3.8) is 0 Å². The summed E-state index contributed by atoms with van der Waals surface area (Å²) in [7, 11) is 0. The summed E-state index contributed by atoms with van der Waals surface area (Å²) < 4.78 is 8.64. The Labute approximate surface area is 91.7 Å². The maximum absolute atomic E-state index is 5.61. The molecule has 0 aliphatic heterocycles. The number of nitrogens with zero attached hydrogens (tertiary/aromatic N) is 4. The first-order valence-electron chi connectivity index (χ1n) is 3.20. The van der Waals surface area contributed by atoms with Crippen LogP contribution >= 0.6 is 46.4 Å². The number of alkyl halides is 1. The molecule has 0 atom stereocenters. The van der Waals surface area contributed by atoms with Gasteiger partial charge in [0.2, 0.25) is 0 Å². The van der Waals surface area contributed by atoms with Crippen molar-refractivity contribution >= 4 is 46.4 Å². The summed E-state index contributed by atoms with van der Waals surface area (Å²) in [4.78, 5) is 0.932. The topological polar surface area (TPSA) is 51.6 Å². The third-order valence-corrected chi connectivity index (χ3v) is 3.90. The van der Waals surface area contributed by atoms with Gasteiger partial charge in [-0.05, 0) is 23.1 Å². The van der Waals surface area contributed by atoms with E-state index in [4.69, 9.17) is 11.6 Å². The molecule has 0 saturated heterocycles. The maximum atomic E-state index is 5.61. The van der Waals surface area contributed by atoms with E-state index in [0.29, 0.717) is 5.21 Å². The van der Waals surface area contributed by atoms with Gasteiger partial charge in [-0.3, -0.25) is 0 Å². The predicted octanol–water partition coefficient (Wildman–Crippen LogP) is 2.35. The van der Waals surface area contributed by atoms with Gasteiger partial charge >= 0.3 is 0 Å². The normalized spacial score (nSPS) is 10.5. The van der Waals surface area contributed by atoms with Crippen LogP contribution in [0.25, 0.3) is 10.6 Å². The molecule has 0 aromatic carbocycles. The molecule has 0 aliphatic rings. The number of rotatable bonds is 3. The highest BCUT2D eigenvalue weighted by Gasteiger charge is 2.12. The van der Waals surface area contributed by atoms with Crippen molar-refractivity contribution in [2.75, 3.05) is 5.21 Å². The third kappa shape index (κ3) is 1.98. The van der Waals surface area contributed by atoms with Crippen LogP contribution in [0, 0.1) is 0 Å². The summed E-state index contributed by atoms with van der Waals surface area (Å²) in [6.45, 7) is 0. The number of thioether (sulfide) groups is 1. The zero-order valence-corrected chi connectivity index (χ0v) is 9.38. The van der Waals surface area contributed by atoms with E-state index in [1.165, 1.54) is 34.8 Å². The quantitative estimate of drug-likeness (QED) is 0.618. The van der Waals surface area contributed by atoms with E-state index in [9.17, 15) is 0 Å². The number of halogens is 1. The van der Waals surface area contributed by atoms with Gasteiger partial charge in [-0.1, -0.05) is 20.7 Å². The largest absolute Gasteiger partial charge is 0.146 e. The summed E-state index contributed by atoms with van der Waals surface area (Å²) in [5.41, 5.74) is 0.839. The minimum atomic E-state index is 0.503. The Balaban J connectivity index is 2.35. The highest BCUT2D eigenvalue weighted by molar-refractivity contribution is 8.02. The van der Waals surface area contributed by atoms with Gasteiger partial charge in [0.1, 0.15) is 9.90 Å². The van der Waals surface area contributed by atoms with E-state index in [-0.39, 0.29) is 0 Å². The molecule has 0 aliphatic carbocycles. The van der Waals surface area contributed by atoms with E-state index in [1.54, 1.807) is 6.20 Å². The van der Waals surface area contributed by atoms with Crippen LogP contribution in [0.1, 0.15) is 0 Å². The maximum Gasteiger partial charge on any atom is 0.132 e. The highest BCUT2D eigenvalue weighted by atomic mass is 35.5. The van der Waals surface area contributed by atoms with Gasteiger partial charge < -0.3 is 0 Å². The molecule has 0 N–H and O–H groups in total. The van der Waals surface area contributed by atoms with E-state index in [0.717, 1.165) is 14.8 Å². The molecule has 0 saturated carbocycles. The number of hydrogen-bond acceptors (Lipinski definition) is 7. The van der Waals surface area contributed by atoms with E-state index >= 15 is 0 Å². The minimum Gasteiger partial charge on any atom is -0.146 e. The molecule has 0 amide bonds. The van der Waals surface area contributed by atoms with Crippen LogP contribution in [0.15, 0.2) is 10.4 Å². The Morgan fingerprint density at radius 1 is 1.38 bits per heavy atom. The SMILES string of the molecule is ClCSc1snnc1-c1cnns1. The van der Waals surface area contributed by atoms with E-state index in [1.807, 2.05) is 0 Å². The van der Waals surface area contributed by atoms with Crippen LogP contribution in [-0.2, 0) is 0 Å². The zero-order valence-electron chi connectivity index (χ0n) is 6.18. The van der Waals surface area contributed by atoms with E-state index < -0.39 is 0 Å². The Kier molecular flexibility index (Phi) is 3.09. The molecule has 13 heavy (non-hydrogen) atoms. The molecule has 0 fully saturated rings. The van der Waals surface area contributed by atoms with Gasteiger partial charge in [0.25, 0.3) is 0 Å². The van der Waals surface area contributed by atoms with Crippen LogP contribution in [0.4, 0.5) is 0 Å². The summed E-state index contributed by atoms with van der Waals surface area (Å²) in [5.74, 6) is 0. The molecule has 2 heterocycles. The molecular formula is C5H3ClN4S3. The number of hydrogen-bond donors (Lipinski definition) is 0. The van der Waals surface area contributed by atoms with Crippen LogP contribution < -0.4 is 0 Å². The lowest BCUT2D eigenvalue weighted by Crippen LogP contribution is -1.75. The Bertz CT molecular complexity index is 373. The van der Waals surface area contributed by atoms with Gasteiger partial charge in [-0.15, -0.1) is 21.8 Å². The highest BCUT2D eigenvalue weighted by Crippen LogP contribution is 2.33. The fraction of sp³-hybridized carbons (Fsp3) is 0.200. The van der Waals surface area contributed by atoms with Crippen molar-refractivity contribution in [3.8, 4) is 10.6 Å². The van der Waals surface area contributed by atoms with Gasteiger partial charge in [0, 0.05) is 0 Å². The molecular weight excluding hydrogens is 248 g/mol. The Morgan fingerprint density at radius 3 is 3.00 bits per heavy atom. The van der Waals surface area contributed by atoms with E-state index in [2.05, 4.69) is 19.2 Å².